The van der Waals surface area contributed by atoms with Crippen molar-refractivity contribution in [2.24, 2.45) is 5.92 Å². The van der Waals surface area contributed by atoms with Gasteiger partial charge in [0.05, 0.1) is 18.1 Å². The molecule has 0 aromatic carbocycles. The number of carbonyl (C=O) groups is 1. The molecule has 1 atom stereocenters. The molecule has 1 fully saturated rings. The monoisotopic (exact) mass is 296 g/mol. The van der Waals surface area contributed by atoms with E-state index in [9.17, 15) is 9.90 Å². The minimum atomic E-state index is -1.52. The fourth-order valence-electron chi connectivity index (χ4n) is 2.15. The van der Waals surface area contributed by atoms with E-state index in [4.69, 9.17) is 9.47 Å². The summed E-state index contributed by atoms with van der Waals surface area (Å²) in [5.74, 6) is -0.0444. The first-order valence-corrected chi connectivity index (χ1v) is 7.67. The molecule has 1 aromatic rings. The van der Waals surface area contributed by atoms with E-state index in [1.165, 1.54) is 11.3 Å². The first kappa shape index (κ1) is 15.1. The van der Waals surface area contributed by atoms with Crippen molar-refractivity contribution >= 4 is 23.1 Å². The van der Waals surface area contributed by atoms with Crippen molar-refractivity contribution in [3.63, 3.8) is 0 Å². The van der Waals surface area contributed by atoms with Gasteiger partial charge < -0.3 is 14.6 Å². The van der Waals surface area contributed by atoms with E-state index in [-0.39, 0.29) is 12.5 Å². The third kappa shape index (κ3) is 2.74. The molecule has 1 aromatic heterocycles. The third-order valence-corrected chi connectivity index (χ3v) is 4.58. The summed E-state index contributed by atoms with van der Waals surface area (Å²) >= 11 is 1.34. The maximum atomic E-state index is 12.1. The second-order valence-corrected chi connectivity index (χ2v) is 5.86. The minimum Gasteiger partial charge on any atom is -0.493 e. The molecule has 1 N–H and O–H groups in total. The second-order valence-electron chi connectivity index (χ2n) is 4.78. The highest BCUT2D eigenvalue weighted by atomic mass is 32.1. The Morgan fingerprint density at radius 3 is 2.60 bits per heavy atom. The van der Waals surface area contributed by atoms with Crippen LogP contribution in [0.3, 0.4) is 0 Å². The summed E-state index contributed by atoms with van der Waals surface area (Å²) in [5, 5.41) is 10.8. The van der Waals surface area contributed by atoms with Crippen molar-refractivity contribution in [2.75, 3.05) is 13.2 Å². The van der Waals surface area contributed by atoms with Gasteiger partial charge in [-0.3, -0.25) is 0 Å². The molecule has 0 amide bonds. The van der Waals surface area contributed by atoms with Crippen LogP contribution in [0.4, 0.5) is 0 Å². The lowest BCUT2D eigenvalue weighted by atomic mass is 9.96. The first-order chi connectivity index (χ1) is 9.53. The quantitative estimate of drug-likeness (QED) is 0.621. The van der Waals surface area contributed by atoms with Gasteiger partial charge in [-0.15, -0.1) is 11.3 Å². The van der Waals surface area contributed by atoms with Gasteiger partial charge in [0.2, 0.25) is 0 Å². The van der Waals surface area contributed by atoms with Crippen LogP contribution >= 0.6 is 11.3 Å². The molecule has 0 bridgehead atoms. The molecular formula is C15H20O4S. The molecule has 1 aliphatic rings. The molecule has 0 radical (unpaired) electrons. The zero-order chi connectivity index (χ0) is 14.8. The predicted molar refractivity (Wildman–Crippen MR) is 78.2 cm³/mol. The van der Waals surface area contributed by atoms with Crippen molar-refractivity contribution in [3.8, 4) is 0 Å². The predicted octanol–water partition coefficient (Wildman–Crippen LogP) is 2.92. The molecular weight excluding hydrogens is 276 g/mol. The van der Waals surface area contributed by atoms with E-state index in [0.29, 0.717) is 17.2 Å². The molecule has 20 heavy (non-hydrogen) atoms. The standard InChI is InChI=1S/C15H20O4S/c1-4-18-10(3)12-8-9-13(20-12)15(17,11-6-7-11)14(16)19-5-2/h8-9,11,17H,3-7H2,1-2H3. The van der Waals surface area contributed by atoms with Gasteiger partial charge in [-0.1, -0.05) is 6.58 Å². The van der Waals surface area contributed by atoms with Gasteiger partial charge in [0, 0.05) is 10.8 Å². The summed E-state index contributed by atoms with van der Waals surface area (Å²) in [5.41, 5.74) is -1.52. The fourth-order valence-corrected chi connectivity index (χ4v) is 3.24. The Kier molecular flexibility index (Phi) is 4.50. The third-order valence-electron chi connectivity index (χ3n) is 3.33. The molecule has 1 unspecified atom stereocenters. The van der Waals surface area contributed by atoms with Crippen LogP contribution in [-0.4, -0.2) is 24.3 Å². The zero-order valence-electron chi connectivity index (χ0n) is 11.8. The Balaban J connectivity index is 2.26. The molecule has 1 saturated carbocycles. The van der Waals surface area contributed by atoms with E-state index in [1.54, 1.807) is 13.0 Å². The SMILES string of the molecule is C=C(OCC)c1ccc(C(O)(C(=O)OCC)C2CC2)s1. The molecule has 110 valence electrons. The molecule has 0 spiro atoms. The summed E-state index contributed by atoms with van der Waals surface area (Å²) < 4.78 is 10.4. The van der Waals surface area contributed by atoms with E-state index in [1.807, 2.05) is 13.0 Å². The molecule has 0 aliphatic heterocycles. The first-order valence-electron chi connectivity index (χ1n) is 6.86. The van der Waals surface area contributed by atoms with Crippen molar-refractivity contribution in [1.82, 2.24) is 0 Å². The van der Waals surface area contributed by atoms with E-state index in [0.717, 1.165) is 17.7 Å². The number of carbonyl (C=O) groups excluding carboxylic acids is 1. The molecule has 4 nitrogen and oxygen atoms in total. The molecule has 2 rings (SSSR count). The molecule has 1 heterocycles. The van der Waals surface area contributed by atoms with E-state index < -0.39 is 11.6 Å². The Morgan fingerprint density at radius 1 is 1.40 bits per heavy atom. The Morgan fingerprint density at radius 2 is 2.05 bits per heavy atom. The van der Waals surface area contributed by atoms with E-state index >= 15 is 0 Å². The van der Waals surface area contributed by atoms with Crippen LogP contribution in [0, 0.1) is 5.92 Å². The molecule has 0 saturated heterocycles. The lowest BCUT2D eigenvalue weighted by Crippen LogP contribution is -2.38. The number of hydrogen-bond donors (Lipinski definition) is 1. The maximum Gasteiger partial charge on any atom is 0.343 e. The van der Waals surface area contributed by atoms with Crippen molar-refractivity contribution < 1.29 is 19.4 Å². The van der Waals surface area contributed by atoms with Crippen LogP contribution in [0.2, 0.25) is 0 Å². The lowest BCUT2D eigenvalue weighted by Gasteiger charge is -2.24. The average Bonchev–Trinajstić information content (AvgIpc) is 3.15. The minimum absolute atomic E-state index is 0.0478. The summed E-state index contributed by atoms with van der Waals surface area (Å²) in [7, 11) is 0. The Bertz CT molecular complexity index is 504. The summed E-state index contributed by atoms with van der Waals surface area (Å²) in [6.45, 7) is 8.27. The fraction of sp³-hybridized carbons (Fsp3) is 0.533. The zero-order valence-corrected chi connectivity index (χ0v) is 12.7. The Labute approximate surface area is 123 Å². The van der Waals surface area contributed by atoms with Gasteiger partial charge in [0.25, 0.3) is 0 Å². The lowest BCUT2D eigenvalue weighted by molar-refractivity contribution is -0.168. The highest BCUT2D eigenvalue weighted by molar-refractivity contribution is 7.13. The van der Waals surface area contributed by atoms with Gasteiger partial charge in [-0.25, -0.2) is 4.79 Å². The second kappa shape index (κ2) is 5.97. The van der Waals surface area contributed by atoms with Crippen LogP contribution in [0.5, 0.6) is 0 Å². The number of ether oxygens (including phenoxy) is 2. The number of hydrogen-bond acceptors (Lipinski definition) is 5. The number of rotatable bonds is 7. The smallest absolute Gasteiger partial charge is 0.343 e. The normalized spacial score (nSPS) is 17.4. The number of esters is 1. The van der Waals surface area contributed by atoms with Gasteiger partial charge in [-0.05, 0) is 38.8 Å². The Hall–Kier alpha value is -1.33. The van der Waals surface area contributed by atoms with Gasteiger partial charge in [0.1, 0.15) is 5.76 Å². The van der Waals surface area contributed by atoms with Crippen molar-refractivity contribution in [1.29, 1.82) is 0 Å². The van der Waals surface area contributed by atoms with Crippen LogP contribution in [0.15, 0.2) is 18.7 Å². The van der Waals surface area contributed by atoms with Gasteiger partial charge >= 0.3 is 5.97 Å². The van der Waals surface area contributed by atoms with Gasteiger partial charge in [-0.2, -0.15) is 0 Å². The topological polar surface area (TPSA) is 55.8 Å². The largest absolute Gasteiger partial charge is 0.493 e. The summed E-state index contributed by atoms with van der Waals surface area (Å²) in [6, 6.07) is 3.59. The molecule has 5 heteroatoms. The summed E-state index contributed by atoms with van der Waals surface area (Å²) in [6.07, 6.45) is 1.68. The van der Waals surface area contributed by atoms with Crippen molar-refractivity contribution in [3.05, 3.63) is 28.5 Å². The highest BCUT2D eigenvalue weighted by Crippen LogP contribution is 2.48. The highest BCUT2D eigenvalue weighted by Gasteiger charge is 2.53. The van der Waals surface area contributed by atoms with Crippen molar-refractivity contribution in [2.45, 2.75) is 32.3 Å². The number of thiophene rings is 1. The van der Waals surface area contributed by atoms with Crippen LogP contribution < -0.4 is 0 Å². The van der Waals surface area contributed by atoms with Crippen LogP contribution in [0.25, 0.3) is 5.76 Å². The average molecular weight is 296 g/mol. The van der Waals surface area contributed by atoms with Crippen LogP contribution in [0.1, 0.15) is 36.4 Å². The summed E-state index contributed by atoms with van der Waals surface area (Å²) in [4.78, 5) is 13.6. The molecule has 1 aliphatic carbocycles. The van der Waals surface area contributed by atoms with Crippen LogP contribution in [-0.2, 0) is 19.9 Å². The maximum absolute atomic E-state index is 12.1. The number of aliphatic hydroxyl groups is 1. The van der Waals surface area contributed by atoms with Gasteiger partial charge in [0.15, 0.2) is 5.60 Å². The van der Waals surface area contributed by atoms with E-state index in [2.05, 4.69) is 6.58 Å².